The summed E-state index contributed by atoms with van der Waals surface area (Å²) in [7, 11) is 0. The van der Waals surface area contributed by atoms with E-state index in [1.54, 1.807) is 49.4 Å². The SMILES string of the molecule is Cc1ccc(C(=O)NCC(F)(F)F)cc1NCC(=O)Nc1ccccc1Oc1ccccc1. The Labute approximate surface area is 188 Å². The number of hydrogen-bond donors (Lipinski definition) is 3. The van der Waals surface area contributed by atoms with Gasteiger partial charge in [0.1, 0.15) is 12.3 Å². The Bertz CT molecular complexity index is 1120. The Balaban J connectivity index is 1.62. The van der Waals surface area contributed by atoms with Crippen molar-refractivity contribution in [1.82, 2.24) is 5.32 Å². The van der Waals surface area contributed by atoms with Gasteiger partial charge >= 0.3 is 6.18 Å². The van der Waals surface area contributed by atoms with Gasteiger partial charge in [0.2, 0.25) is 5.91 Å². The van der Waals surface area contributed by atoms with Gasteiger partial charge in [-0.25, -0.2) is 0 Å². The maximum atomic E-state index is 12.5. The Morgan fingerprint density at radius 3 is 2.33 bits per heavy atom. The van der Waals surface area contributed by atoms with Gasteiger partial charge in [-0.15, -0.1) is 0 Å². The fourth-order valence-electron chi connectivity index (χ4n) is 2.88. The zero-order valence-electron chi connectivity index (χ0n) is 17.7. The van der Waals surface area contributed by atoms with E-state index in [1.165, 1.54) is 12.1 Å². The van der Waals surface area contributed by atoms with Crippen molar-refractivity contribution in [2.75, 3.05) is 23.7 Å². The van der Waals surface area contributed by atoms with E-state index in [0.717, 1.165) is 5.56 Å². The smallest absolute Gasteiger partial charge is 0.405 e. The Morgan fingerprint density at radius 1 is 0.909 bits per heavy atom. The highest BCUT2D eigenvalue weighted by atomic mass is 19.4. The second kappa shape index (κ2) is 10.5. The van der Waals surface area contributed by atoms with E-state index < -0.39 is 18.6 Å². The van der Waals surface area contributed by atoms with Crippen molar-refractivity contribution in [2.45, 2.75) is 13.1 Å². The van der Waals surface area contributed by atoms with Crippen molar-refractivity contribution in [3.63, 3.8) is 0 Å². The molecule has 0 aromatic heterocycles. The third-order valence-corrected chi connectivity index (χ3v) is 4.52. The topological polar surface area (TPSA) is 79.5 Å². The van der Waals surface area contributed by atoms with Crippen LogP contribution < -0.4 is 20.7 Å². The highest BCUT2D eigenvalue weighted by Crippen LogP contribution is 2.29. The van der Waals surface area contributed by atoms with Crippen LogP contribution in [-0.2, 0) is 4.79 Å². The van der Waals surface area contributed by atoms with Gasteiger partial charge < -0.3 is 20.7 Å². The largest absolute Gasteiger partial charge is 0.455 e. The summed E-state index contributed by atoms with van der Waals surface area (Å²) in [5, 5.41) is 7.50. The minimum absolute atomic E-state index is 0.0503. The van der Waals surface area contributed by atoms with Crippen LogP contribution in [0.4, 0.5) is 24.5 Å². The van der Waals surface area contributed by atoms with E-state index in [4.69, 9.17) is 4.74 Å². The molecule has 2 amide bonds. The second-order valence-electron chi connectivity index (χ2n) is 7.14. The minimum atomic E-state index is -4.50. The molecular weight excluding hydrogens is 435 g/mol. The van der Waals surface area contributed by atoms with Crippen LogP contribution >= 0.6 is 0 Å². The number of ether oxygens (including phenoxy) is 1. The molecule has 172 valence electrons. The molecule has 3 aromatic rings. The molecule has 0 aliphatic carbocycles. The first-order chi connectivity index (χ1) is 15.7. The number of para-hydroxylation sites is 3. The average molecular weight is 457 g/mol. The molecule has 0 atom stereocenters. The molecule has 9 heteroatoms. The zero-order valence-corrected chi connectivity index (χ0v) is 17.7. The fourth-order valence-corrected chi connectivity index (χ4v) is 2.88. The lowest BCUT2D eigenvalue weighted by atomic mass is 10.1. The highest BCUT2D eigenvalue weighted by molar-refractivity contribution is 5.97. The number of nitrogens with one attached hydrogen (secondary N) is 3. The number of carbonyl (C=O) groups is 2. The Kier molecular flexibility index (Phi) is 7.55. The first kappa shape index (κ1) is 23.6. The number of carbonyl (C=O) groups excluding carboxylic acids is 2. The summed E-state index contributed by atoms with van der Waals surface area (Å²) in [6, 6.07) is 20.5. The quantitative estimate of drug-likeness (QED) is 0.438. The molecule has 0 bridgehead atoms. The van der Waals surface area contributed by atoms with Gasteiger partial charge in [0.15, 0.2) is 5.75 Å². The number of aryl methyl sites for hydroxylation is 1. The van der Waals surface area contributed by atoms with Crippen LogP contribution in [0.15, 0.2) is 72.8 Å². The van der Waals surface area contributed by atoms with Crippen LogP contribution in [-0.4, -0.2) is 31.1 Å². The highest BCUT2D eigenvalue weighted by Gasteiger charge is 2.28. The molecular formula is C24H22F3N3O3. The molecule has 3 rings (SSSR count). The van der Waals surface area contributed by atoms with Gasteiger partial charge in [-0.3, -0.25) is 9.59 Å². The first-order valence-electron chi connectivity index (χ1n) is 10.0. The van der Waals surface area contributed by atoms with E-state index in [0.29, 0.717) is 22.9 Å². The number of benzene rings is 3. The molecule has 33 heavy (non-hydrogen) atoms. The molecule has 0 saturated heterocycles. The standard InChI is InChI=1S/C24H22F3N3O3/c1-16-11-12-17(23(32)29-15-24(25,26)27)13-20(16)28-14-22(31)30-19-9-5-6-10-21(19)33-18-7-3-2-4-8-18/h2-13,28H,14-15H2,1H3,(H,29,32)(H,30,31). The molecule has 6 nitrogen and oxygen atoms in total. The molecule has 0 radical (unpaired) electrons. The van der Waals surface area contributed by atoms with Crippen LogP contribution in [0.25, 0.3) is 0 Å². The molecule has 0 aliphatic rings. The lowest BCUT2D eigenvalue weighted by molar-refractivity contribution is -0.123. The normalized spacial score (nSPS) is 10.9. The van der Waals surface area contributed by atoms with Gasteiger partial charge in [0, 0.05) is 11.3 Å². The van der Waals surface area contributed by atoms with Crippen LogP contribution in [0.5, 0.6) is 11.5 Å². The number of anilines is 2. The monoisotopic (exact) mass is 457 g/mol. The zero-order chi connectivity index (χ0) is 23.8. The van der Waals surface area contributed by atoms with Crippen molar-refractivity contribution >= 4 is 23.2 Å². The molecule has 0 fully saturated rings. The lowest BCUT2D eigenvalue weighted by Crippen LogP contribution is -2.33. The predicted molar refractivity (Wildman–Crippen MR) is 120 cm³/mol. The van der Waals surface area contributed by atoms with Gasteiger partial charge in [-0.05, 0) is 48.9 Å². The third-order valence-electron chi connectivity index (χ3n) is 4.52. The number of alkyl halides is 3. The summed E-state index contributed by atoms with van der Waals surface area (Å²) >= 11 is 0. The number of halogens is 3. The molecule has 0 spiro atoms. The van der Waals surface area contributed by atoms with Crippen molar-refractivity contribution in [3.05, 3.63) is 83.9 Å². The van der Waals surface area contributed by atoms with E-state index in [2.05, 4.69) is 10.6 Å². The van der Waals surface area contributed by atoms with Crippen molar-refractivity contribution in [3.8, 4) is 11.5 Å². The number of rotatable bonds is 8. The van der Waals surface area contributed by atoms with E-state index in [-0.39, 0.29) is 18.0 Å². The third kappa shape index (κ3) is 7.27. The van der Waals surface area contributed by atoms with E-state index in [1.807, 2.05) is 23.5 Å². The molecule has 0 heterocycles. The van der Waals surface area contributed by atoms with Gasteiger partial charge in [0.25, 0.3) is 5.91 Å². The van der Waals surface area contributed by atoms with Crippen molar-refractivity contribution in [1.29, 1.82) is 0 Å². The maximum Gasteiger partial charge on any atom is 0.405 e. The van der Waals surface area contributed by atoms with Crippen LogP contribution in [0, 0.1) is 6.92 Å². The summed E-state index contributed by atoms with van der Waals surface area (Å²) in [6.07, 6.45) is -4.50. The second-order valence-corrected chi connectivity index (χ2v) is 7.14. The summed E-state index contributed by atoms with van der Waals surface area (Å²) in [6.45, 7) is 0.199. The van der Waals surface area contributed by atoms with Crippen LogP contribution in [0.2, 0.25) is 0 Å². The summed E-state index contributed by atoms with van der Waals surface area (Å²) in [5.41, 5.74) is 1.71. The van der Waals surface area contributed by atoms with Crippen LogP contribution in [0.1, 0.15) is 15.9 Å². The molecule has 3 aromatic carbocycles. The first-order valence-corrected chi connectivity index (χ1v) is 10.0. The lowest BCUT2D eigenvalue weighted by Gasteiger charge is -2.14. The van der Waals surface area contributed by atoms with Crippen LogP contribution in [0.3, 0.4) is 0 Å². The minimum Gasteiger partial charge on any atom is -0.455 e. The van der Waals surface area contributed by atoms with E-state index in [9.17, 15) is 22.8 Å². The van der Waals surface area contributed by atoms with Crippen molar-refractivity contribution < 1.29 is 27.5 Å². The summed E-state index contributed by atoms with van der Waals surface area (Å²) in [4.78, 5) is 24.5. The number of amides is 2. The molecule has 0 unspecified atom stereocenters. The number of hydrogen-bond acceptors (Lipinski definition) is 4. The molecule has 3 N–H and O–H groups in total. The predicted octanol–water partition coefficient (Wildman–Crippen LogP) is 5.13. The van der Waals surface area contributed by atoms with Crippen molar-refractivity contribution in [2.24, 2.45) is 0 Å². The van der Waals surface area contributed by atoms with Gasteiger partial charge in [0.05, 0.1) is 12.2 Å². The fraction of sp³-hybridized carbons (Fsp3) is 0.167. The Hall–Kier alpha value is -4.01. The summed E-state index contributed by atoms with van der Waals surface area (Å²) in [5.74, 6) is -0.137. The van der Waals surface area contributed by atoms with E-state index >= 15 is 0 Å². The molecule has 0 saturated carbocycles. The van der Waals surface area contributed by atoms with Gasteiger partial charge in [-0.2, -0.15) is 13.2 Å². The average Bonchev–Trinajstić information content (AvgIpc) is 2.78. The maximum absolute atomic E-state index is 12.5. The Morgan fingerprint density at radius 2 is 1.61 bits per heavy atom. The van der Waals surface area contributed by atoms with Gasteiger partial charge in [-0.1, -0.05) is 36.4 Å². The summed E-state index contributed by atoms with van der Waals surface area (Å²) < 4.78 is 42.8. The molecule has 0 aliphatic heterocycles.